The normalized spacial score (nSPS) is 20.4. The van der Waals surface area contributed by atoms with Crippen molar-refractivity contribution >= 4 is 34.8 Å². The van der Waals surface area contributed by atoms with Crippen molar-refractivity contribution in [3.05, 3.63) is 58.1 Å². The molecule has 1 amide bonds. The number of hydrogen-bond donors (Lipinski definition) is 2. The quantitative estimate of drug-likeness (QED) is 0.481. The summed E-state index contributed by atoms with van der Waals surface area (Å²) in [4.78, 5) is 17.9. The first-order valence-electron chi connectivity index (χ1n) is 12.8. The lowest BCUT2D eigenvalue weighted by Gasteiger charge is -2.30. The van der Waals surface area contributed by atoms with E-state index in [0.29, 0.717) is 34.4 Å². The van der Waals surface area contributed by atoms with Crippen LogP contribution in [0.2, 0.25) is 10.0 Å². The highest BCUT2D eigenvalue weighted by Gasteiger charge is 2.33. The fourth-order valence-corrected chi connectivity index (χ4v) is 5.33. The van der Waals surface area contributed by atoms with E-state index in [-0.39, 0.29) is 17.4 Å². The average Bonchev–Trinajstić information content (AvgIpc) is 3.52. The Balaban J connectivity index is 1.45. The Labute approximate surface area is 224 Å². The molecule has 1 unspecified atom stereocenters. The summed E-state index contributed by atoms with van der Waals surface area (Å²) in [6.07, 6.45) is 2.16. The number of anilines is 1. The Morgan fingerprint density at radius 3 is 2.44 bits per heavy atom. The third-order valence-corrected chi connectivity index (χ3v) is 7.37. The molecule has 36 heavy (non-hydrogen) atoms. The number of ether oxygens (including phenoxy) is 1. The molecule has 8 heteroatoms. The Morgan fingerprint density at radius 1 is 1.11 bits per heavy atom. The van der Waals surface area contributed by atoms with E-state index in [9.17, 15) is 9.90 Å². The fraction of sp³-hybridized carbons (Fsp3) is 0.536. The number of nitrogens with zero attached hydrogens (tertiary/aromatic N) is 2. The zero-order valence-electron chi connectivity index (χ0n) is 21.3. The Hall–Kier alpha value is -1.99. The molecule has 0 aliphatic carbocycles. The molecular formula is C28H37Cl2N3O3. The van der Waals surface area contributed by atoms with E-state index < -0.39 is 12.1 Å². The summed E-state index contributed by atoms with van der Waals surface area (Å²) in [5.41, 5.74) is 1.35. The van der Waals surface area contributed by atoms with Crippen LogP contribution in [-0.4, -0.2) is 60.3 Å². The highest BCUT2D eigenvalue weighted by molar-refractivity contribution is 6.32. The van der Waals surface area contributed by atoms with Crippen molar-refractivity contribution in [1.29, 1.82) is 0 Å². The zero-order valence-corrected chi connectivity index (χ0v) is 22.9. The molecule has 2 saturated heterocycles. The minimum Gasteiger partial charge on any atom is -0.487 e. The number of halogens is 2. The summed E-state index contributed by atoms with van der Waals surface area (Å²) in [6, 6.07) is 12.6. The van der Waals surface area contributed by atoms with Gasteiger partial charge in [-0.3, -0.25) is 4.79 Å². The summed E-state index contributed by atoms with van der Waals surface area (Å²) in [6.45, 7) is 9.89. The average molecular weight is 535 g/mol. The van der Waals surface area contributed by atoms with Crippen LogP contribution in [0.1, 0.15) is 51.7 Å². The molecule has 2 fully saturated rings. The predicted octanol–water partition coefficient (Wildman–Crippen LogP) is 5.31. The molecule has 196 valence electrons. The van der Waals surface area contributed by atoms with Gasteiger partial charge in [-0.1, -0.05) is 29.3 Å². The highest BCUT2D eigenvalue weighted by atomic mass is 35.5. The Bertz CT molecular complexity index is 1040. The van der Waals surface area contributed by atoms with Gasteiger partial charge < -0.3 is 25.0 Å². The van der Waals surface area contributed by atoms with Gasteiger partial charge >= 0.3 is 0 Å². The molecule has 0 bridgehead atoms. The van der Waals surface area contributed by atoms with Crippen molar-refractivity contribution in [2.45, 2.75) is 57.8 Å². The van der Waals surface area contributed by atoms with E-state index >= 15 is 0 Å². The van der Waals surface area contributed by atoms with Crippen molar-refractivity contribution < 1.29 is 14.6 Å². The monoisotopic (exact) mass is 533 g/mol. The zero-order chi connectivity index (χ0) is 25.9. The second kappa shape index (κ2) is 11.6. The molecule has 0 aromatic heterocycles. The van der Waals surface area contributed by atoms with Gasteiger partial charge in [-0.25, -0.2) is 0 Å². The van der Waals surface area contributed by atoms with Crippen molar-refractivity contribution in [2.24, 2.45) is 5.92 Å². The minimum atomic E-state index is -0.885. The molecule has 0 radical (unpaired) electrons. The molecular weight excluding hydrogens is 497 g/mol. The molecule has 0 spiro atoms. The molecule has 2 N–H and O–H groups in total. The smallest absolute Gasteiger partial charge is 0.225 e. The molecule has 2 aromatic carbocycles. The van der Waals surface area contributed by atoms with Gasteiger partial charge in [-0.15, -0.1) is 0 Å². The standard InChI is InChI=1S/C28H37Cl2N3O3/c1-28(2,3)36-25-11-6-19(16-23(25)30)26(34)24(18-32-13-4-5-14-32)31-27(35)20-12-15-33(17-20)22-9-7-21(29)8-10-22/h6-11,16,20,24,26,34H,4-5,12-15,17-18H2,1-3H3,(H,31,35)/t20?,24-,26-/m1/s1. The first-order valence-corrected chi connectivity index (χ1v) is 13.5. The molecule has 6 nitrogen and oxygen atoms in total. The van der Waals surface area contributed by atoms with Gasteiger partial charge in [0.25, 0.3) is 0 Å². The van der Waals surface area contributed by atoms with Crippen LogP contribution in [0.15, 0.2) is 42.5 Å². The lowest BCUT2D eigenvalue weighted by molar-refractivity contribution is -0.126. The topological polar surface area (TPSA) is 65.0 Å². The Morgan fingerprint density at radius 2 is 1.81 bits per heavy atom. The molecule has 4 rings (SSSR count). The van der Waals surface area contributed by atoms with Gasteiger partial charge in [0.1, 0.15) is 17.5 Å². The lowest BCUT2D eigenvalue weighted by Crippen LogP contribution is -2.48. The summed E-state index contributed by atoms with van der Waals surface area (Å²) >= 11 is 12.5. The summed E-state index contributed by atoms with van der Waals surface area (Å²) in [7, 11) is 0. The number of carbonyl (C=O) groups is 1. The maximum absolute atomic E-state index is 13.3. The first-order chi connectivity index (χ1) is 17.1. The molecule has 3 atom stereocenters. The van der Waals surface area contributed by atoms with Crippen molar-refractivity contribution in [3.63, 3.8) is 0 Å². The summed E-state index contributed by atoms with van der Waals surface area (Å²) < 4.78 is 5.92. The first kappa shape index (κ1) is 27.1. The number of nitrogens with one attached hydrogen (secondary N) is 1. The second-order valence-electron chi connectivity index (χ2n) is 10.9. The van der Waals surface area contributed by atoms with Crippen LogP contribution in [0.5, 0.6) is 5.75 Å². The maximum atomic E-state index is 13.3. The number of likely N-dealkylation sites (tertiary alicyclic amines) is 1. The predicted molar refractivity (Wildman–Crippen MR) is 146 cm³/mol. The minimum absolute atomic E-state index is 0.0199. The number of aliphatic hydroxyl groups excluding tert-OH is 1. The van der Waals surface area contributed by atoms with Crippen LogP contribution >= 0.6 is 23.2 Å². The summed E-state index contributed by atoms with van der Waals surface area (Å²) in [5.74, 6) is 0.419. The van der Waals surface area contributed by atoms with E-state index in [1.165, 1.54) is 0 Å². The molecule has 0 saturated carbocycles. The summed E-state index contributed by atoms with van der Waals surface area (Å²) in [5, 5.41) is 15.7. The van der Waals surface area contributed by atoms with Gasteiger partial charge in [-0.05, 0) is 95.1 Å². The van der Waals surface area contributed by atoms with Gasteiger partial charge in [0.2, 0.25) is 5.91 Å². The molecule has 2 aliphatic rings. The molecule has 2 aliphatic heterocycles. The van der Waals surface area contributed by atoms with Crippen molar-refractivity contribution in [3.8, 4) is 5.75 Å². The van der Waals surface area contributed by atoms with Crippen LogP contribution in [0, 0.1) is 5.92 Å². The van der Waals surface area contributed by atoms with Crippen LogP contribution in [0.4, 0.5) is 5.69 Å². The van der Waals surface area contributed by atoms with Gasteiger partial charge in [0.15, 0.2) is 0 Å². The van der Waals surface area contributed by atoms with E-state index in [2.05, 4.69) is 15.1 Å². The van der Waals surface area contributed by atoms with E-state index in [1.807, 2.05) is 51.1 Å². The second-order valence-corrected chi connectivity index (χ2v) is 11.7. The Kier molecular flexibility index (Phi) is 8.71. The van der Waals surface area contributed by atoms with Crippen LogP contribution in [-0.2, 0) is 4.79 Å². The van der Waals surface area contributed by atoms with Crippen LogP contribution in [0.25, 0.3) is 0 Å². The SMILES string of the molecule is CC(C)(C)Oc1ccc([C@@H](O)[C@@H](CN2CCCC2)NC(=O)C2CCN(c3ccc(Cl)cc3)C2)cc1Cl. The largest absolute Gasteiger partial charge is 0.487 e. The van der Waals surface area contributed by atoms with Crippen LogP contribution in [0.3, 0.4) is 0 Å². The van der Waals surface area contributed by atoms with E-state index in [0.717, 1.165) is 44.6 Å². The van der Waals surface area contributed by atoms with Gasteiger partial charge in [0.05, 0.1) is 17.0 Å². The number of carbonyl (C=O) groups excluding carboxylic acids is 1. The molecule has 2 heterocycles. The number of benzene rings is 2. The van der Waals surface area contributed by atoms with E-state index in [1.54, 1.807) is 12.1 Å². The lowest BCUT2D eigenvalue weighted by atomic mass is 9.99. The van der Waals surface area contributed by atoms with E-state index in [4.69, 9.17) is 27.9 Å². The number of rotatable bonds is 8. The highest BCUT2D eigenvalue weighted by Crippen LogP contribution is 2.32. The number of aliphatic hydroxyl groups is 1. The third-order valence-electron chi connectivity index (χ3n) is 6.83. The third kappa shape index (κ3) is 7.06. The van der Waals surface area contributed by atoms with Crippen molar-refractivity contribution in [1.82, 2.24) is 10.2 Å². The van der Waals surface area contributed by atoms with Crippen molar-refractivity contribution in [2.75, 3.05) is 37.6 Å². The van der Waals surface area contributed by atoms with Gasteiger partial charge in [0, 0.05) is 30.3 Å². The van der Waals surface area contributed by atoms with Gasteiger partial charge in [-0.2, -0.15) is 0 Å². The van der Waals surface area contributed by atoms with Crippen LogP contribution < -0.4 is 15.0 Å². The maximum Gasteiger partial charge on any atom is 0.225 e. The molecule has 2 aromatic rings. The fourth-order valence-electron chi connectivity index (χ4n) is 4.98. The number of amides is 1. The number of hydrogen-bond acceptors (Lipinski definition) is 5.